The molecule has 2 rings (SSSR count). The van der Waals surface area contributed by atoms with Gasteiger partial charge >= 0.3 is 0 Å². The van der Waals surface area contributed by atoms with E-state index in [0.29, 0.717) is 22.6 Å². The number of rotatable bonds is 9. The molecule has 0 N–H and O–H groups in total. The van der Waals surface area contributed by atoms with Crippen molar-refractivity contribution in [2.45, 2.75) is 32.5 Å². The SMILES string of the molecule is COc1ccc2c(c1OCC(=O)CCCO[N+](=O)[O-])COC(C)C2=O. The van der Waals surface area contributed by atoms with Gasteiger partial charge in [-0.15, -0.1) is 10.1 Å². The molecule has 1 aromatic carbocycles. The van der Waals surface area contributed by atoms with Gasteiger partial charge < -0.3 is 19.0 Å². The molecule has 0 saturated heterocycles. The van der Waals surface area contributed by atoms with Crippen molar-refractivity contribution in [1.29, 1.82) is 0 Å². The summed E-state index contributed by atoms with van der Waals surface area (Å²) in [5.41, 5.74) is 1.04. The van der Waals surface area contributed by atoms with E-state index in [4.69, 9.17) is 14.2 Å². The Balaban J connectivity index is 2.02. The number of ether oxygens (including phenoxy) is 3. The molecule has 1 unspecified atom stereocenters. The first-order chi connectivity index (χ1) is 11.9. The summed E-state index contributed by atoms with van der Waals surface area (Å²) in [6.07, 6.45) is -0.235. The predicted molar refractivity (Wildman–Crippen MR) is 84.3 cm³/mol. The molecule has 1 aliphatic rings. The fourth-order valence-electron chi connectivity index (χ4n) is 2.44. The second-order valence-corrected chi connectivity index (χ2v) is 5.43. The molecule has 0 fully saturated rings. The number of methoxy groups -OCH3 is 1. The van der Waals surface area contributed by atoms with Crippen molar-refractivity contribution in [2.75, 3.05) is 20.3 Å². The van der Waals surface area contributed by atoms with Gasteiger partial charge in [0.1, 0.15) is 12.7 Å². The molecular weight excluding hydrogens is 334 g/mol. The monoisotopic (exact) mass is 353 g/mol. The predicted octanol–water partition coefficient (Wildman–Crippen LogP) is 1.73. The van der Waals surface area contributed by atoms with Crippen LogP contribution < -0.4 is 9.47 Å². The maximum absolute atomic E-state index is 12.2. The first-order valence-electron chi connectivity index (χ1n) is 7.71. The molecule has 0 spiro atoms. The molecular formula is C16H19NO8. The molecule has 1 aromatic rings. The minimum absolute atomic E-state index is 0.0810. The standard InChI is InChI=1S/C16H19NO8/c1-10-15(19)12-5-6-14(22-2)16(13(12)9-23-10)24-8-11(18)4-3-7-25-17(20)21/h5-6,10H,3-4,7-9H2,1-2H3. The third-order valence-corrected chi connectivity index (χ3v) is 3.73. The highest BCUT2D eigenvalue weighted by Gasteiger charge is 2.29. The van der Waals surface area contributed by atoms with Crippen LogP contribution in [-0.4, -0.2) is 43.1 Å². The Morgan fingerprint density at radius 3 is 2.88 bits per heavy atom. The van der Waals surface area contributed by atoms with Gasteiger partial charge in [-0.05, 0) is 25.5 Å². The Morgan fingerprint density at radius 1 is 1.44 bits per heavy atom. The van der Waals surface area contributed by atoms with Crippen LogP contribution in [0.25, 0.3) is 0 Å². The van der Waals surface area contributed by atoms with Gasteiger partial charge in [0.15, 0.2) is 23.1 Å². The van der Waals surface area contributed by atoms with Crippen molar-refractivity contribution in [3.8, 4) is 11.5 Å². The molecule has 0 aliphatic carbocycles. The second kappa shape index (κ2) is 8.43. The Labute approximate surface area is 143 Å². The van der Waals surface area contributed by atoms with E-state index in [-0.39, 0.29) is 44.2 Å². The van der Waals surface area contributed by atoms with Crippen molar-refractivity contribution in [3.63, 3.8) is 0 Å². The summed E-state index contributed by atoms with van der Waals surface area (Å²) in [5, 5.41) is 9.13. The van der Waals surface area contributed by atoms with Crippen LogP contribution >= 0.6 is 0 Å². The van der Waals surface area contributed by atoms with E-state index in [1.54, 1.807) is 19.1 Å². The number of carbonyl (C=O) groups excluding carboxylic acids is 2. The third-order valence-electron chi connectivity index (χ3n) is 3.73. The molecule has 0 aromatic heterocycles. The van der Waals surface area contributed by atoms with E-state index in [1.165, 1.54) is 7.11 Å². The molecule has 0 amide bonds. The largest absolute Gasteiger partial charge is 0.493 e. The number of carbonyl (C=O) groups is 2. The van der Waals surface area contributed by atoms with E-state index in [1.807, 2.05) is 0 Å². The van der Waals surface area contributed by atoms with E-state index in [2.05, 4.69) is 4.84 Å². The summed E-state index contributed by atoms with van der Waals surface area (Å²) in [6, 6.07) is 3.26. The van der Waals surface area contributed by atoms with Gasteiger partial charge in [-0.25, -0.2) is 0 Å². The van der Waals surface area contributed by atoms with E-state index >= 15 is 0 Å². The van der Waals surface area contributed by atoms with Crippen LogP contribution in [0.3, 0.4) is 0 Å². The quantitative estimate of drug-likeness (QED) is 0.374. The summed E-state index contributed by atoms with van der Waals surface area (Å²) in [4.78, 5) is 38.2. The van der Waals surface area contributed by atoms with Gasteiger partial charge in [0.05, 0.1) is 20.3 Å². The third kappa shape index (κ3) is 4.66. The van der Waals surface area contributed by atoms with Crippen LogP contribution in [0.15, 0.2) is 12.1 Å². The summed E-state index contributed by atoms with van der Waals surface area (Å²) in [6.45, 7) is 1.46. The number of nitrogens with zero attached hydrogens (tertiary/aromatic N) is 1. The number of benzene rings is 1. The van der Waals surface area contributed by atoms with Gasteiger partial charge in [0.25, 0.3) is 5.09 Å². The Morgan fingerprint density at radius 2 is 2.20 bits per heavy atom. The molecule has 1 heterocycles. The summed E-state index contributed by atoms with van der Waals surface area (Å²) in [7, 11) is 1.46. The Bertz CT molecular complexity index is 672. The topological polar surface area (TPSA) is 114 Å². The molecule has 25 heavy (non-hydrogen) atoms. The average molecular weight is 353 g/mol. The lowest BCUT2D eigenvalue weighted by atomic mass is 9.97. The highest BCUT2D eigenvalue weighted by atomic mass is 16.9. The zero-order valence-corrected chi connectivity index (χ0v) is 14.0. The molecule has 0 radical (unpaired) electrons. The van der Waals surface area contributed by atoms with Gasteiger partial charge in [-0.1, -0.05) is 0 Å². The lowest BCUT2D eigenvalue weighted by Gasteiger charge is -2.24. The number of ketones is 2. The minimum Gasteiger partial charge on any atom is -0.493 e. The summed E-state index contributed by atoms with van der Waals surface area (Å²) < 4.78 is 16.2. The highest BCUT2D eigenvalue weighted by Crippen LogP contribution is 2.37. The van der Waals surface area contributed by atoms with Gasteiger partial charge in [0, 0.05) is 17.5 Å². The molecule has 1 atom stereocenters. The highest BCUT2D eigenvalue weighted by molar-refractivity contribution is 6.02. The lowest BCUT2D eigenvalue weighted by Crippen LogP contribution is -2.28. The van der Waals surface area contributed by atoms with Gasteiger partial charge in [-0.2, -0.15) is 0 Å². The van der Waals surface area contributed by atoms with Crippen LogP contribution in [-0.2, 0) is 21.0 Å². The van der Waals surface area contributed by atoms with Crippen molar-refractivity contribution < 1.29 is 33.7 Å². The maximum atomic E-state index is 12.2. The van der Waals surface area contributed by atoms with Crippen molar-refractivity contribution in [3.05, 3.63) is 33.4 Å². The van der Waals surface area contributed by atoms with Crippen LogP contribution in [0, 0.1) is 10.1 Å². The van der Waals surface area contributed by atoms with Gasteiger partial charge in [0.2, 0.25) is 0 Å². The summed E-state index contributed by atoms with van der Waals surface area (Å²) in [5.74, 6) is 0.296. The number of Topliss-reactive ketones (excluding diaryl/α,β-unsaturated/α-hetero) is 2. The van der Waals surface area contributed by atoms with E-state index in [0.717, 1.165) is 0 Å². The molecule has 136 valence electrons. The number of hydrogen-bond acceptors (Lipinski definition) is 8. The van der Waals surface area contributed by atoms with Crippen LogP contribution in [0.1, 0.15) is 35.7 Å². The van der Waals surface area contributed by atoms with Crippen LogP contribution in [0.2, 0.25) is 0 Å². The van der Waals surface area contributed by atoms with Crippen molar-refractivity contribution in [1.82, 2.24) is 0 Å². The molecule has 1 aliphatic heterocycles. The normalized spacial score (nSPS) is 16.1. The van der Waals surface area contributed by atoms with E-state index in [9.17, 15) is 19.7 Å². The van der Waals surface area contributed by atoms with Crippen molar-refractivity contribution in [2.24, 2.45) is 0 Å². The number of fused-ring (bicyclic) bond motifs is 1. The van der Waals surface area contributed by atoms with Crippen LogP contribution in [0.5, 0.6) is 11.5 Å². The smallest absolute Gasteiger partial charge is 0.294 e. The fraction of sp³-hybridized carbons (Fsp3) is 0.500. The van der Waals surface area contributed by atoms with Crippen LogP contribution in [0.4, 0.5) is 0 Å². The average Bonchev–Trinajstić information content (AvgIpc) is 2.59. The number of hydrogen-bond donors (Lipinski definition) is 0. The van der Waals surface area contributed by atoms with E-state index < -0.39 is 11.2 Å². The van der Waals surface area contributed by atoms with Gasteiger partial charge in [-0.3, -0.25) is 9.59 Å². The first-order valence-corrected chi connectivity index (χ1v) is 7.71. The molecule has 9 heteroatoms. The van der Waals surface area contributed by atoms with Crippen molar-refractivity contribution >= 4 is 11.6 Å². The zero-order chi connectivity index (χ0) is 18.4. The molecule has 9 nitrogen and oxygen atoms in total. The molecule has 0 bridgehead atoms. The molecule has 0 saturated carbocycles. The lowest BCUT2D eigenvalue weighted by molar-refractivity contribution is -0.757. The minimum atomic E-state index is -0.903. The Hall–Kier alpha value is -2.68. The Kier molecular flexibility index (Phi) is 6.29. The zero-order valence-electron chi connectivity index (χ0n) is 14.0. The fourth-order valence-corrected chi connectivity index (χ4v) is 2.44. The second-order valence-electron chi connectivity index (χ2n) is 5.43. The first kappa shape index (κ1) is 18.7. The summed E-state index contributed by atoms with van der Waals surface area (Å²) >= 11 is 0. The maximum Gasteiger partial charge on any atom is 0.294 e.